The van der Waals surface area contributed by atoms with Gasteiger partial charge in [-0.25, -0.2) is 4.99 Å². The summed E-state index contributed by atoms with van der Waals surface area (Å²) in [4.78, 5) is 4.48. The minimum absolute atomic E-state index is 0.338. The second-order valence-electron chi connectivity index (χ2n) is 4.44. The second-order valence-corrected chi connectivity index (χ2v) is 4.44. The van der Waals surface area contributed by atoms with E-state index in [2.05, 4.69) is 17.2 Å². The van der Waals surface area contributed by atoms with E-state index in [4.69, 9.17) is 5.73 Å². The number of nitrogens with zero attached hydrogens (tertiary/aromatic N) is 1. The number of guanidine groups is 1. The van der Waals surface area contributed by atoms with Gasteiger partial charge in [-0.05, 0) is 37.8 Å². The highest BCUT2D eigenvalue weighted by molar-refractivity contribution is 5.92. The van der Waals surface area contributed by atoms with Crippen LogP contribution in [0.1, 0.15) is 26.2 Å². The average molecular weight is 217 g/mol. The lowest BCUT2D eigenvalue weighted by Gasteiger charge is -2.29. The van der Waals surface area contributed by atoms with Crippen molar-refractivity contribution in [3.8, 4) is 0 Å². The average Bonchev–Trinajstić information content (AvgIpc) is 2.15. The van der Waals surface area contributed by atoms with E-state index in [1.807, 2.05) is 30.3 Å². The molecule has 0 saturated heterocycles. The van der Waals surface area contributed by atoms with Crippen LogP contribution in [0.3, 0.4) is 0 Å². The number of benzene rings is 1. The van der Waals surface area contributed by atoms with E-state index in [9.17, 15) is 0 Å². The zero-order chi connectivity index (χ0) is 11.4. The molecule has 86 valence electrons. The summed E-state index contributed by atoms with van der Waals surface area (Å²) in [6, 6.07) is 10.2. The van der Waals surface area contributed by atoms with Crippen LogP contribution in [-0.2, 0) is 0 Å². The van der Waals surface area contributed by atoms with Crippen LogP contribution in [-0.4, -0.2) is 12.0 Å². The largest absolute Gasteiger partial charge is 0.370 e. The molecule has 0 radical (unpaired) electrons. The molecule has 3 N–H and O–H groups in total. The molecule has 1 atom stereocenters. The molecule has 0 aliphatic heterocycles. The first-order valence-corrected chi connectivity index (χ1v) is 5.91. The van der Waals surface area contributed by atoms with E-state index in [1.165, 1.54) is 19.3 Å². The van der Waals surface area contributed by atoms with Gasteiger partial charge < -0.3 is 11.1 Å². The summed E-state index contributed by atoms with van der Waals surface area (Å²) >= 11 is 0. The van der Waals surface area contributed by atoms with Crippen LogP contribution in [0.15, 0.2) is 35.3 Å². The number of nitrogens with two attached hydrogens (primary N) is 1. The minimum atomic E-state index is 0.338. The molecule has 1 unspecified atom stereocenters. The van der Waals surface area contributed by atoms with Gasteiger partial charge in [0.05, 0.1) is 6.04 Å². The Kier molecular flexibility index (Phi) is 3.44. The van der Waals surface area contributed by atoms with Crippen LogP contribution in [0.2, 0.25) is 0 Å². The highest BCUT2D eigenvalue weighted by atomic mass is 15.1. The fraction of sp³-hybridized carbons (Fsp3) is 0.462. The smallest absolute Gasteiger partial charge is 0.193 e. The number of hydrogen-bond acceptors (Lipinski definition) is 1. The lowest BCUT2D eigenvalue weighted by atomic mass is 9.81. The number of hydrogen-bond donors (Lipinski definition) is 2. The summed E-state index contributed by atoms with van der Waals surface area (Å²) in [5.41, 5.74) is 6.85. The molecule has 1 fully saturated rings. The lowest BCUT2D eigenvalue weighted by Crippen LogP contribution is -2.29. The molecule has 1 aliphatic rings. The topological polar surface area (TPSA) is 50.4 Å². The first-order chi connectivity index (χ1) is 7.75. The maximum atomic E-state index is 5.86. The molecule has 0 amide bonds. The summed E-state index contributed by atoms with van der Waals surface area (Å²) < 4.78 is 0. The number of para-hydroxylation sites is 1. The molecule has 0 heterocycles. The molecular formula is C13H19N3. The number of rotatable bonds is 3. The molecule has 1 saturated carbocycles. The Labute approximate surface area is 96.8 Å². The minimum Gasteiger partial charge on any atom is -0.370 e. The molecule has 1 aromatic carbocycles. The second kappa shape index (κ2) is 5.01. The van der Waals surface area contributed by atoms with Gasteiger partial charge >= 0.3 is 0 Å². The van der Waals surface area contributed by atoms with E-state index >= 15 is 0 Å². The maximum Gasteiger partial charge on any atom is 0.193 e. The third-order valence-electron chi connectivity index (χ3n) is 3.22. The predicted octanol–water partition coefficient (Wildman–Crippen LogP) is 2.60. The van der Waals surface area contributed by atoms with E-state index in [0.717, 1.165) is 11.6 Å². The number of aliphatic imine (C=N–C) groups is 1. The Bertz CT molecular complexity index is 355. The Hall–Kier alpha value is -1.51. The molecular weight excluding hydrogens is 198 g/mol. The van der Waals surface area contributed by atoms with Crippen molar-refractivity contribution in [3.05, 3.63) is 30.3 Å². The summed E-state index contributed by atoms with van der Waals surface area (Å²) in [6.45, 7) is 2.14. The van der Waals surface area contributed by atoms with Crippen LogP contribution in [0, 0.1) is 5.92 Å². The van der Waals surface area contributed by atoms with Crippen molar-refractivity contribution in [2.24, 2.45) is 16.6 Å². The maximum absolute atomic E-state index is 5.86. The zero-order valence-corrected chi connectivity index (χ0v) is 9.69. The molecule has 0 bridgehead atoms. The molecule has 0 spiro atoms. The Morgan fingerprint density at radius 2 is 2.06 bits per heavy atom. The van der Waals surface area contributed by atoms with Crippen molar-refractivity contribution in [2.75, 3.05) is 5.32 Å². The summed E-state index contributed by atoms with van der Waals surface area (Å²) in [5.74, 6) is 1.25. The van der Waals surface area contributed by atoms with Gasteiger partial charge in [-0.2, -0.15) is 0 Å². The first kappa shape index (κ1) is 11.0. The Balaban J connectivity index is 1.91. The molecule has 0 aromatic heterocycles. The van der Waals surface area contributed by atoms with Crippen LogP contribution in [0.25, 0.3) is 0 Å². The summed E-state index contributed by atoms with van der Waals surface area (Å²) in [5, 5.41) is 3.10. The standard InChI is InChI=1S/C13H19N3/c1-10(11-6-5-7-11)15-13(14)16-12-8-3-2-4-9-12/h2-4,8-11H,5-7H2,1H3,(H3,14,15,16). The zero-order valence-electron chi connectivity index (χ0n) is 9.69. The SMILES string of the molecule is CC(N=C(N)Nc1ccccc1)C1CCC1. The van der Waals surface area contributed by atoms with Gasteiger partial charge in [0.25, 0.3) is 0 Å². The lowest BCUT2D eigenvalue weighted by molar-refractivity contribution is 0.274. The number of anilines is 1. The van der Waals surface area contributed by atoms with E-state index in [1.54, 1.807) is 0 Å². The van der Waals surface area contributed by atoms with Gasteiger partial charge in [0.15, 0.2) is 5.96 Å². The molecule has 2 rings (SSSR count). The Morgan fingerprint density at radius 1 is 1.38 bits per heavy atom. The predicted molar refractivity (Wildman–Crippen MR) is 68.5 cm³/mol. The summed E-state index contributed by atoms with van der Waals surface area (Å²) in [7, 11) is 0. The van der Waals surface area contributed by atoms with Crippen molar-refractivity contribution in [3.63, 3.8) is 0 Å². The summed E-state index contributed by atoms with van der Waals surface area (Å²) in [6.07, 6.45) is 3.93. The van der Waals surface area contributed by atoms with Crippen molar-refractivity contribution in [1.82, 2.24) is 0 Å². The first-order valence-electron chi connectivity index (χ1n) is 5.91. The molecule has 3 nitrogen and oxygen atoms in total. The third-order valence-corrected chi connectivity index (χ3v) is 3.22. The van der Waals surface area contributed by atoms with Crippen LogP contribution < -0.4 is 11.1 Å². The van der Waals surface area contributed by atoms with Gasteiger partial charge in [-0.3, -0.25) is 0 Å². The van der Waals surface area contributed by atoms with Gasteiger partial charge in [0.2, 0.25) is 0 Å². The molecule has 3 heteroatoms. The fourth-order valence-corrected chi connectivity index (χ4v) is 1.95. The van der Waals surface area contributed by atoms with Gasteiger partial charge in [0, 0.05) is 5.69 Å². The van der Waals surface area contributed by atoms with Crippen LogP contribution in [0.4, 0.5) is 5.69 Å². The Morgan fingerprint density at radius 3 is 2.62 bits per heavy atom. The van der Waals surface area contributed by atoms with Crippen molar-refractivity contribution >= 4 is 11.6 Å². The van der Waals surface area contributed by atoms with E-state index in [-0.39, 0.29) is 0 Å². The molecule has 1 aromatic rings. The van der Waals surface area contributed by atoms with Crippen molar-refractivity contribution in [1.29, 1.82) is 0 Å². The van der Waals surface area contributed by atoms with Crippen LogP contribution >= 0.6 is 0 Å². The third kappa shape index (κ3) is 2.75. The highest BCUT2D eigenvalue weighted by Gasteiger charge is 2.23. The van der Waals surface area contributed by atoms with Crippen molar-refractivity contribution in [2.45, 2.75) is 32.2 Å². The molecule has 1 aliphatic carbocycles. The van der Waals surface area contributed by atoms with Gasteiger partial charge in [-0.1, -0.05) is 24.6 Å². The quantitative estimate of drug-likeness (QED) is 0.604. The van der Waals surface area contributed by atoms with Gasteiger partial charge in [-0.15, -0.1) is 0 Å². The monoisotopic (exact) mass is 217 g/mol. The van der Waals surface area contributed by atoms with Crippen LogP contribution in [0.5, 0.6) is 0 Å². The number of nitrogens with one attached hydrogen (secondary N) is 1. The van der Waals surface area contributed by atoms with Crippen molar-refractivity contribution < 1.29 is 0 Å². The van der Waals surface area contributed by atoms with Gasteiger partial charge in [0.1, 0.15) is 0 Å². The van der Waals surface area contributed by atoms with E-state index in [0.29, 0.717) is 12.0 Å². The molecule has 16 heavy (non-hydrogen) atoms. The highest BCUT2D eigenvalue weighted by Crippen LogP contribution is 2.30. The normalized spacial score (nSPS) is 18.9. The van der Waals surface area contributed by atoms with E-state index < -0.39 is 0 Å². The fourth-order valence-electron chi connectivity index (χ4n) is 1.95.